The van der Waals surface area contributed by atoms with E-state index in [1.165, 1.54) is 7.11 Å². The highest BCUT2D eigenvalue weighted by Crippen LogP contribution is 2.13. The molecule has 0 fully saturated rings. The van der Waals surface area contributed by atoms with E-state index in [-0.39, 0.29) is 19.2 Å². The Bertz CT molecular complexity index is 440. The molecule has 4 nitrogen and oxygen atoms in total. The van der Waals surface area contributed by atoms with Crippen molar-refractivity contribution in [2.75, 3.05) is 20.3 Å². The lowest BCUT2D eigenvalue weighted by molar-refractivity contribution is 0.0608. The Labute approximate surface area is 101 Å². The third-order valence-corrected chi connectivity index (χ3v) is 2.11. The monoisotopic (exact) mass is 263 g/mol. The quantitative estimate of drug-likeness (QED) is 0.774. The number of carbonyl (C=O) groups is 1. The molecule has 0 heterocycles. The highest BCUT2D eigenvalue weighted by atomic mass is 19.2. The predicted octanol–water partition coefficient (Wildman–Crippen LogP) is 0.841. The molecule has 0 aliphatic carbocycles. The van der Waals surface area contributed by atoms with Crippen molar-refractivity contribution in [3.63, 3.8) is 0 Å². The summed E-state index contributed by atoms with van der Waals surface area (Å²) in [7, 11) is 1.36. The molecule has 1 unspecified atom stereocenters. The minimum atomic E-state index is -1.37. The predicted molar refractivity (Wildman–Crippen MR) is 56.5 cm³/mol. The highest BCUT2D eigenvalue weighted by molar-refractivity contribution is 5.94. The van der Waals surface area contributed by atoms with E-state index in [1.807, 2.05) is 0 Å². The first-order valence-corrected chi connectivity index (χ1v) is 5.05. The molecule has 0 spiro atoms. The molecule has 1 atom stereocenters. The van der Waals surface area contributed by atoms with Gasteiger partial charge in [0.25, 0.3) is 5.91 Å². The number of benzene rings is 1. The number of halogens is 3. The second kappa shape index (κ2) is 6.36. The van der Waals surface area contributed by atoms with Crippen molar-refractivity contribution >= 4 is 5.91 Å². The van der Waals surface area contributed by atoms with Crippen LogP contribution in [0.1, 0.15) is 10.4 Å². The zero-order valence-corrected chi connectivity index (χ0v) is 9.54. The van der Waals surface area contributed by atoms with Gasteiger partial charge >= 0.3 is 0 Å². The Morgan fingerprint density at radius 1 is 1.33 bits per heavy atom. The number of aliphatic hydroxyl groups excluding tert-OH is 1. The Balaban J connectivity index is 2.70. The average Bonchev–Trinajstić information content (AvgIpc) is 2.31. The molecule has 1 aromatic rings. The van der Waals surface area contributed by atoms with Crippen molar-refractivity contribution in [2.45, 2.75) is 6.10 Å². The molecule has 2 N–H and O–H groups in total. The molecule has 0 radical (unpaired) electrons. The van der Waals surface area contributed by atoms with Gasteiger partial charge in [0, 0.05) is 19.7 Å². The summed E-state index contributed by atoms with van der Waals surface area (Å²) in [4.78, 5) is 11.4. The van der Waals surface area contributed by atoms with Gasteiger partial charge in [0.15, 0.2) is 11.6 Å². The van der Waals surface area contributed by atoms with E-state index in [0.29, 0.717) is 6.07 Å². The zero-order chi connectivity index (χ0) is 13.7. The second-order valence-corrected chi connectivity index (χ2v) is 3.57. The first-order chi connectivity index (χ1) is 8.45. The van der Waals surface area contributed by atoms with Crippen molar-refractivity contribution < 1.29 is 27.8 Å². The van der Waals surface area contributed by atoms with Crippen LogP contribution in [-0.2, 0) is 4.74 Å². The minimum absolute atomic E-state index is 0.0134. The smallest absolute Gasteiger partial charge is 0.254 e. The summed E-state index contributed by atoms with van der Waals surface area (Å²) >= 11 is 0. The van der Waals surface area contributed by atoms with Gasteiger partial charge in [-0.1, -0.05) is 0 Å². The fourth-order valence-electron chi connectivity index (χ4n) is 1.25. The van der Waals surface area contributed by atoms with Crippen LogP contribution in [0.2, 0.25) is 0 Å². The van der Waals surface area contributed by atoms with Crippen LogP contribution in [0.5, 0.6) is 0 Å². The summed E-state index contributed by atoms with van der Waals surface area (Å²) in [5.41, 5.74) is -0.626. The lowest BCUT2D eigenvalue weighted by Gasteiger charge is -2.11. The number of hydrogen-bond donors (Lipinski definition) is 2. The van der Waals surface area contributed by atoms with Crippen LogP contribution < -0.4 is 5.32 Å². The fourth-order valence-corrected chi connectivity index (χ4v) is 1.25. The first kappa shape index (κ1) is 14.5. The van der Waals surface area contributed by atoms with Gasteiger partial charge in [-0.25, -0.2) is 13.2 Å². The Kier molecular flexibility index (Phi) is 5.11. The number of methoxy groups -OCH3 is 1. The number of amides is 1. The van der Waals surface area contributed by atoms with Gasteiger partial charge in [0.2, 0.25) is 0 Å². The van der Waals surface area contributed by atoms with Gasteiger partial charge in [0.05, 0.1) is 18.3 Å². The van der Waals surface area contributed by atoms with Crippen molar-refractivity contribution in [3.8, 4) is 0 Å². The van der Waals surface area contributed by atoms with Crippen molar-refractivity contribution in [1.29, 1.82) is 0 Å². The van der Waals surface area contributed by atoms with Crippen LogP contribution >= 0.6 is 0 Å². The van der Waals surface area contributed by atoms with Crippen LogP contribution in [0.4, 0.5) is 13.2 Å². The summed E-state index contributed by atoms with van der Waals surface area (Å²) in [6, 6.07) is 0.749. The molecular formula is C11H12F3NO3. The molecule has 100 valence electrons. The molecular weight excluding hydrogens is 251 g/mol. The standard InChI is InChI=1S/C11H12F3NO3/c1-18-5-6(16)4-15-11(17)7-2-9(13)10(14)3-8(7)12/h2-3,6,16H,4-5H2,1H3,(H,15,17). The highest BCUT2D eigenvalue weighted by Gasteiger charge is 2.16. The lowest BCUT2D eigenvalue weighted by Crippen LogP contribution is -2.34. The summed E-state index contributed by atoms with van der Waals surface area (Å²) in [6.45, 7) is -0.203. The molecule has 1 amide bonds. The van der Waals surface area contributed by atoms with Crippen LogP contribution in [0.15, 0.2) is 12.1 Å². The van der Waals surface area contributed by atoms with Gasteiger partial charge in [-0.05, 0) is 6.07 Å². The second-order valence-electron chi connectivity index (χ2n) is 3.57. The maximum Gasteiger partial charge on any atom is 0.254 e. The maximum atomic E-state index is 13.2. The molecule has 0 saturated carbocycles. The first-order valence-electron chi connectivity index (χ1n) is 5.05. The minimum Gasteiger partial charge on any atom is -0.389 e. The van der Waals surface area contributed by atoms with Gasteiger partial charge in [-0.2, -0.15) is 0 Å². The third kappa shape index (κ3) is 3.71. The van der Waals surface area contributed by atoms with Crippen LogP contribution in [0.25, 0.3) is 0 Å². The van der Waals surface area contributed by atoms with Crippen molar-refractivity contribution in [3.05, 3.63) is 35.1 Å². The molecule has 0 bridgehead atoms. The molecule has 0 aromatic heterocycles. The largest absolute Gasteiger partial charge is 0.389 e. The number of nitrogens with one attached hydrogen (secondary N) is 1. The molecule has 18 heavy (non-hydrogen) atoms. The van der Waals surface area contributed by atoms with Crippen LogP contribution in [0.3, 0.4) is 0 Å². The number of aliphatic hydroxyl groups is 1. The summed E-state index contributed by atoms with van der Waals surface area (Å²) in [6.07, 6.45) is -0.965. The van der Waals surface area contributed by atoms with E-state index in [4.69, 9.17) is 0 Å². The van der Waals surface area contributed by atoms with Gasteiger partial charge in [-0.15, -0.1) is 0 Å². The summed E-state index contributed by atoms with van der Waals surface area (Å²) < 4.78 is 43.3. The van der Waals surface area contributed by atoms with Gasteiger partial charge < -0.3 is 15.2 Å². The Morgan fingerprint density at radius 3 is 2.56 bits per heavy atom. The number of carbonyl (C=O) groups excluding carboxylic acids is 1. The molecule has 0 aliphatic rings. The fraction of sp³-hybridized carbons (Fsp3) is 0.364. The lowest BCUT2D eigenvalue weighted by atomic mass is 10.2. The molecule has 0 saturated heterocycles. The molecule has 0 aliphatic heterocycles. The van der Waals surface area contributed by atoms with Crippen LogP contribution in [0, 0.1) is 17.5 Å². The average molecular weight is 263 g/mol. The van der Waals surface area contributed by atoms with E-state index < -0.39 is 35.0 Å². The SMILES string of the molecule is COCC(O)CNC(=O)c1cc(F)c(F)cc1F. The van der Waals surface area contributed by atoms with Gasteiger partial charge in [-0.3, -0.25) is 4.79 Å². The molecule has 7 heteroatoms. The van der Waals surface area contributed by atoms with E-state index >= 15 is 0 Å². The van der Waals surface area contributed by atoms with Crippen molar-refractivity contribution in [2.24, 2.45) is 0 Å². The topological polar surface area (TPSA) is 58.6 Å². The maximum absolute atomic E-state index is 13.2. The molecule has 1 aromatic carbocycles. The molecule has 1 rings (SSSR count). The van der Waals surface area contributed by atoms with Crippen molar-refractivity contribution in [1.82, 2.24) is 5.32 Å². The number of rotatable bonds is 5. The van der Waals surface area contributed by atoms with Crippen LogP contribution in [-0.4, -0.2) is 37.4 Å². The van der Waals surface area contributed by atoms with E-state index in [9.17, 15) is 23.1 Å². The summed E-state index contributed by atoms with van der Waals surface area (Å²) in [5, 5.41) is 11.4. The normalized spacial score (nSPS) is 12.3. The number of ether oxygens (including phenoxy) is 1. The van der Waals surface area contributed by atoms with E-state index in [0.717, 1.165) is 0 Å². The Morgan fingerprint density at radius 2 is 1.94 bits per heavy atom. The Hall–Kier alpha value is -1.60. The summed E-state index contributed by atoms with van der Waals surface area (Å²) in [5.74, 6) is -4.81. The zero-order valence-electron chi connectivity index (χ0n) is 9.54. The number of hydrogen-bond acceptors (Lipinski definition) is 3. The van der Waals surface area contributed by atoms with Gasteiger partial charge in [0.1, 0.15) is 5.82 Å². The van der Waals surface area contributed by atoms with E-state index in [1.54, 1.807) is 0 Å². The third-order valence-electron chi connectivity index (χ3n) is 2.11. The van der Waals surface area contributed by atoms with E-state index in [2.05, 4.69) is 10.1 Å².